The van der Waals surface area contributed by atoms with E-state index in [0.29, 0.717) is 57.5 Å². The molecule has 44 heavy (non-hydrogen) atoms. The number of halogens is 3. The summed E-state index contributed by atoms with van der Waals surface area (Å²) in [6.07, 6.45) is 2.48. The van der Waals surface area contributed by atoms with E-state index in [4.69, 9.17) is 16.3 Å². The zero-order valence-electron chi connectivity index (χ0n) is 24.4. The number of benzene rings is 2. The van der Waals surface area contributed by atoms with E-state index in [0.717, 1.165) is 6.07 Å². The van der Waals surface area contributed by atoms with Crippen LogP contribution in [0.4, 0.5) is 14.6 Å². The predicted octanol–water partition coefficient (Wildman–Crippen LogP) is 5.86. The Morgan fingerprint density at radius 2 is 1.89 bits per heavy atom. The van der Waals surface area contributed by atoms with Crippen molar-refractivity contribution in [3.63, 3.8) is 0 Å². The average Bonchev–Trinajstić information content (AvgIpc) is 3.17. The minimum absolute atomic E-state index is 0.138. The number of carbonyl (C=O) groups excluding carboxylic acids is 1. The molecule has 4 heterocycles. The van der Waals surface area contributed by atoms with Crippen LogP contribution in [0.1, 0.15) is 19.4 Å². The number of ether oxygens (including phenoxy) is 1. The third-order valence-electron chi connectivity index (χ3n) is 8.05. The largest absolute Gasteiger partial charge is 0.472 e. The smallest absolute Gasteiger partial charge is 0.350 e. The Morgan fingerprint density at radius 1 is 1.14 bits per heavy atom. The Morgan fingerprint density at radius 3 is 2.57 bits per heavy atom. The topological polar surface area (TPSA) is 80.6 Å². The molecule has 2 aliphatic heterocycles. The van der Waals surface area contributed by atoms with E-state index in [9.17, 15) is 14.0 Å². The Kier molecular flexibility index (Phi) is 8.10. The zero-order chi connectivity index (χ0) is 31.3. The molecular weight excluding hydrogens is 608 g/mol. The van der Waals surface area contributed by atoms with Crippen molar-refractivity contribution >= 4 is 46.0 Å². The molecule has 0 spiro atoms. The lowest BCUT2D eigenvalue weighted by Crippen LogP contribution is -2.58. The lowest BCUT2D eigenvalue weighted by molar-refractivity contribution is -0.130. The zero-order valence-corrected chi connectivity index (χ0v) is 26.0. The molecule has 0 radical (unpaired) electrons. The third kappa shape index (κ3) is 5.32. The summed E-state index contributed by atoms with van der Waals surface area (Å²) >= 11 is 7.57. The van der Waals surface area contributed by atoms with Gasteiger partial charge in [0.05, 0.1) is 17.1 Å². The maximum atomic E-state index is 15.4. The number of rotatable bonds is 5. The van der Waals surface area contributed by atoms with E-state index in [-0.39, 0.29) is 35.1 Å². The van der Waals surface area contributed by atoms with Crippen LogP contribution in [0.2, 0.25) is 5.02 Å². The minimum Gasteiger partial charge on any atom is -0.472 e. The lowest BCUT2D eigenvalue weighted by atomic mass is 9.97. The Hall–Kier alpha value is -3.96. The molecule has 1 fully saturated rings. The molecule has 0 N–H and O–H groups in total. The summed E-state index contributed by atoms with van der Waals surface area (Å²) in [5, 5.41) is 0.508. The standard InChI is InChI=1S/C32H30ClF2N5O3S/c1-5-27(41)40-18(3)13-38(14-19(40)4)31-22-10-17(2)28(21-11-23(33)25(35)12-24(21)34)30-29(22)39(32(42)37-31)15-20(16-44-30)43-26-8-6-7-9-36-26/h5-12,18-20H,1,13-16H2,2-4H3/t18-,19+,20-/m0/s1. The Bertz CT molecular complexity index is 1840. The van der Waals surface area contributed by atoms with E-state index in [1.165, 1.54) is 23.9 Å². The van der Waals surface area contributed by atoms with Crippen LogP contribution in [0.3, 0.4) is 0 Å². The molecule has 8 nitrogen and oxygen atoms in total. The summed E-state index contributed by atoms with van der Waals surface area (Å²) in [6, 6.07) is 8.96. The van der Waals surface area contributed by atoms with E-state index < -0.39 is 23.4 Å². The first-order valence-electron chi connectivity index (χ1n) is 14.2. The van der Waals surface area contributed by atoms with Gasteiger partial charge in [-0.2, -0.15) is 4.98 Å². The molecule has 2 aliphatic rings. The predicted molar refractivity (Wildman–Crippen MR) is 169 cm³/mol. The highest BCUT2D eigenvalue weighted by Crippen LogP contribution is 2.45. The number of carbonyl (C=O) groups is 1. The first-order chi connectivity index (χ1) is 21.1. The molecule has 228 valence electrons. The minimum atomic E-state index is -0.852. The first-order valence-corrected chi connectivity index (χ1v) is 15.6. The van der Waals surface area contributed by atoms with Crippen LogP contribution in [0.25, 0.3) is 22.0 Å². The van der Waals surface area contributed by atoms with Crippen molar-refractivity contribution in [3.05, 3.63) is 88.0 Å². The van der Waals surface area contributed by atoms with Crippen molar-refractivity contribution < 1.29 is 18.3 Å². The van der Waals surface area contributed by atoms with Crippen LogP contribution in [-0.4, -0.2) is 62.4 Å². The second-order valence-electron chi connectivity index (χ2n) is 11.1. The molecule has 2 aromatic carbocycles. The molecule has 6 rings (SSSR count). The highest BCUT2D eigenvalue weighted by Gasteiger charge is 2.35. The molecule has 0 saturated carbocycles. The fraction of sp³-hybridized carbons (Fsp3) is 0.312. The molecule has 4 aromatic rings. The van der Waals surface area contributed by atoms with Gasteiger partial charge in [0.15, 0.2) is 0 Å². The van der Waals surface area contributed by atoms with Crippen molar-refractivity contribution in [2.75, 3.05) is 23.7 Å². The SMILES string of the molecule is C=CC(=O)N1[C@H](C)CN(c2nc(=O)n3c4c(c(-c5cc(Cl)c(F)cc5F)c(C)cc24)SC[C@@H](Oc2ccccn2)C3)C[C@@H]1C. The van der Waals surface area contributed by atoms with Crippen LogP contribution in [0.15, 0.2) is 64.9 Å². The summed E-state index contributed by atoms with van der Waals surface area (Å²) in [5.74, 6) is -0.433. The summed E-state index contributed by atoms with van der Waals surface area (Å²) in [7, 11) is 0. The number of pyridine rings is 1. The summed E-state index contributed by atoms with van der Waals surface area (Å²) in [6.45, 7) is 10.5. The van der Waals surface area contributed by atoms with Crippen molar-refractivity contribution in [1.82, 2.24) is 19.4 Å². The van der Waals surface area contributed by atoms with Crippen LogP contribution in [0, 0.1) is 18.6 Å². The molecule has 0 unspecified atom stereocenters. The van der Waals surface area contributed by atoms with Gasteiger partial charge < -0.3 is 14.5 Å². The number of hydrogen-bond acceptors (Lipinski definition) is 7. The maximum absolute atomic E-state index is 15.4. The van der Waals surface area contributed by atoms with Crippen molar-refractivity contribution in [1.29, 1.82) is 0 Å². The van der Waals surface area contributed by atoms with Crippen LogP contribution in [0.5, 0.6) is 5.88 Å². The summed E-state index contributed by atoms with van der Waals surface area (Å²) in [5.41, 5.74) is 1.47. The lowest BCUT2D eigenvalue weighted by Gasteiger charge is -2.44. The second kappa shape index (κ2) is 11.9. The van der Waals surface area contributed by atoms with Gasteiger partial charge >= 0.3 is 5.69 Å². The number of anilines is 1. The average molecular weight is 638 g/mol. The van der Waals surface area contributed by atoms with Crippen molar-refractivity contribution in [2.24, 2.45) is 0 Å². The molecule has 1 amide bonds. The van der Waals surface area contributed by atoms with Crippen molar-refractivity contribution in [3.8, 4) is 17.0 Å². The van der Waals surface area contributed by atoms with Crippen LogP contribution >= 0.6 is 23.4 Å². The molecule has 0 aliphatic carbocycles. The summed E-state index contributed by atoms with van der Waals surface area (Å²) in [4.78, 5) is 39.7. The number of aryl methyl sites for hydroxylation is 1. The molecule has 12 heteroatoms. The van der Waals surface area contributed by atoms with Crippen LogP contribution < -0.4 is 15.3 Å². The molecule has 2 aromatic heterocycles. The maximum Gasteiger partial charge on any atom is 0.350 e. The summed E-state index contributed by atoms with van der Waals surface area (Å²) < 4.78 is 37.3. The third-order valence-corrected chi connectivity index (χ3v) is 9.56. The number of aromatic nitrogens is 3. The fourth-order valence-electron chi connectivity index (χ4n) is 6.25. The Labute approximate surface area is 262 Å². The monoisotopic (exact) mass is 637 g/mol. The van der Waals surface area contributed by atoms with E-state index in [2.05, 4.69) is 16.5 Å². The number of hydrogen-bond donors (Lipinski definition) is 0. The Balaban J connectivity index is 1.55. The molecule has 1 saturated heterocycles. The second-order valence-corrected chi connectivity index (χ2v) is 12.6. The van der Waals surface area contributed by atoms with Gasteiger partial charge in [0, 0.05) is 70.7 Å². The van der Waals surface area contributed by atoms with E-state index in [1.807, 2.05) is 37.8 Å². The van der Waals surface area contributed by atoms with Gasteiger partial charge in [0.1, 0.15) is 23.6 Å². The normalized spacial score (nSPS) is 20.0. The number of thioether (sulfide) groups is 1. The number of nitrogens with zero attached hydrogens (tertiary/aromatic N) is 5. The van der Waals surface area contributed by atoms with Gasteiger partial charge in [0.25, 0.3) is 0 Å². The van der Waals surface area contributed by atoms with E-state index in [1.54, 1.807) is 27.8 Å². The molecular formula is C32H30ClF2N5O3S. The highest BCUT2D eigenvalue weighted by atomic mass is 35.5. The van der Waals surface area contributed by atoms with Gasteiger partial charge in [-0.1, -0.05) is 24.2 Å². The number of amides is 1. The quantitative estimate of drug-likeness (QED) is 0.200. The van der Waals surface area contributed by atoms with E-state index >= 15 is 4.39 Å². The van der Waals surface area contributed by atoms with Crippen molar-refractivity contribution in [2.45, 2.75) is 50.4 Å². The fourth-order valence-corrected chi connectivity index (χ4v) is 7.71. The van der Waals surface area contributed by atoms with Gasteiger partial charge in [-0.05, 0) is 50.6 Å². The van der Waals surface area contributed by atoms with Gasteiger partial charge in [0.2, 0.25) is 11.8 Å². The van der Waals surface area contributed by atoms with Gasteiger partial charge in [-0.3, -0.25) is 9.36 Å². The first kappa shape index (κ1) is 30.1. The highest BCUT2D eigenvalue weighted by molar-refractivity contribution is 7.99. The molecule has 3 atom stereocenters. The molecule has 0 bridgehead atoms. The number of piperazine rings is 1. The van der Waals surface area contributed by atoms with Gasteiger partial charge in [-0.25, -0.2) is 18.6 Å². The van der Waals surface area contributed by atoms with Gasteiger partial charge in [-0.15, -0.1) is 11.8 Å². The van der Waals surface area contributed by atoms with Crippen LogP contribution in [-0.2, 0) is 11.3 Å².